The Morgan fingerprint density at radius 3 is 2.65 bits per heavy atom. The van der Waals surface area contributed by atoms with Crippen LogP contribution in [0.2, 0.25) is 0 Å². The van der Waals surface area contributed by atoms with E-state index >= 15 is 0 Å². The van der Waals surface area contributed by atoms with Crippen LogP contribution in [0, 0.1) is 0 Å². The monoisotopic (exact) mass is 480 g/mol. The normalized spacial score (nSPS) is 16.3. The molecular formula is C25H29BrN4O. The van der Waals surface area contributed by atoms with Gasteiger partial charge in [-0.1, -0.05) is 41.9 Å². The second-order valence-corrected chi connectivity index (χ2v) is 9.37. The van der Waals surface area contributed by atoms with Crippen molar-refractivity contribution >= 4 is 21.6 Å². The zero-order valence-electron chi connectivity index (χ0n) is 18.3. The highest BCUT2D eigenvalue weighted by Crippen LogP contribution is 2.35. The van der Waals surface area contributed by atoms with Crippen LogP contribution in [0.4, 0.5) is 5.69 Å². The summed E-state index contributed by atoms with van der Waals surface area (Å²) in [6.07, 6.45) is 5.80. The molecule has 0 unspecified atom stereocenters. The third-order valence-corrected chi connectivity index (χ3v) is 6.43. The number of nitrogens with zero attached hydrogens (tertiary/aromatic N) is 3. The summed E-state index contributed by atoms with van der Waals surface area (Å²) in [4.78, 5) is 20.1. The number of hydrogen-bond acceptors (Lipinski definition) is 4. The Kier molecular flexibility index (Phi) is 6.58. The lowest BCUT2D eigenvalue weighted by Gasteiger charge is -2.29. The molecule has 6 heteroatoms. The van der Waals surface area contributed by atoms with Crippen LogP contribution in [0.5, 0.6) is 0 Å². The van der Waals surface area contributed by atoms with E-state index in [1.54, 1.807) is 17.0 Å². The number of halogens is 1. The lowest BCUT2D eigenvalue weighted by Crippen LogP contribution is -2.42. The first-order valence-electron chi connectivity index (χ1n) is 10.9. The first kappa shape index (κ1) is 21.8. The van der Waals surface area contributed by atoms with E-state index in [1.807, 2.05) is 31.3 Å². The molecule has 0 aliphatic carbocycles. The van der Waals surface area contributed by atoms with Gasteiger partial charge in [0.15, 0.2) is 0 Å². The van der Waals surface area contributed by atoms with Gasteiger partial charge in [0.05, 0.1) is 5.69 Å². The molecule has 1 aliphatic rings. The van der Waals surface area contributed by atoms with E-state index in [-0.39, 0.29) is 5.56 Å². The Balaban J connectivity index is 1.87. The molecular weight excluding hydrogens is 452 g/mol. The van der Waals surface area contributed by atoms with Gasteiger partial charge in [-0.3, -0.25) is 9.78 Å². The van der Waals surface area contributed by atoms with Crippen molar-refractivity contribution in [1.82, 2.24) is 14.9 Å². The highest BCUT2D eigenvalue weighted by Gasteiger charge is 2.28. The third kappa shape index (κ3) is 4.60. The zero-order chi connectivity index (χ0) is 22.0. The summed E-state index contributed by atoms with van der Waals surface area (Å²) in [7, 11) is 1.88. The molecule has 3 aromatic rings. The van der Waals surface area contributed by atoms with E-state index in [2.05, 4.69) is 63.2 Å². The first-order valence-corrected chi connectivity index (χ1v) is 11.7. The summed E-state index contributed by atoms with van der Waals surface area (Å²) in [5.74, 6) is 0. The maximum absolute atomic E-state index is 13.6. The molecule has 0 bridgehead atoms. The fourth-order valence-electron chi connectivity index (χ4n) is 4.40. The topological polar surface area (TPSA) is 50.2 Å². The maximum Gasteiger partial charge on any atom is 0.274 e. The molecule has 1 N–H and O–H groups in total. The van der Waals surface area contributed by atoms with Crippen molar-refractivity contribution in [2.75, 3.05) is 18.0 Å². The van der Waals surface area contributed by atoms with Gasteiger partial charge in [-0.15, -0.1) is 0 Å². The molecule has 5 nitrogen and oxygen atoms in total. The zero-order valence-corrected chi connectivity index (χ0v) is 19.9. The van der Waals surface area contributed by atoms with Crippen LogP contribution >= 0.6 is 15.9 Å². The molecule has 2 aromatic heterocycles. The highest BCUT2D eigenvalue weighted by atomic mass is 79.9. The Labute approximate surface area is 192 Å². The molecule has 1 atom stereocenters. The van der Waals surface area contributed by atoms with Gasteiger partial charge >= 0.3 is 0 Å². The van der Waals surface area contributed by atoms with Crippen molar-refractivity contribution in [2.24, 2.45) is 7.05 Å². The molecule has 1 fully saturated rings. The minimum Gasteiger partial charge on any atom is -0.363 e. The number of aromatic nitrogens is 2. The number of rotatable bonds is 6. The summed E-state index contributed by atoms with van der Waals surface area (Å²) in [6.45, 7) is 6.11. The van der Waals surface area contributed by atoms with E-state index in [4.69, 9.17) is 0 Å². The molecule has 3 heterocycles. The molecule has 1 saturated heterocycles. The second-order valence-electron chi connectivity index (χ2n) is 8.45. The van der Waals surface area contributed by atoms with Gasteiger partial charge in [0.1, 0.15) is 5.69 Å². The fourth-order valence-corrected chi connectivity index (χ4v) is 4.80. The van der Waals surface area contributed by atoms with Gasteiger partial charge in [-0.25, -0.2) is 0 Å². The van der Waals surface area contributed by atoms with Gasteiger partial charge in [-0.2, -0.15) is 0 Å². The van der Waals surface area contributed by atoms with E-state index in [0.29, 0.717) is 12.1 Å². The molecule has 31 heavy (non-hydrogen) atoms. The Bertz CT molecular complexity index is 1110. The van der Waals surface area contributed by atoms with E-state index in [0.717, 1.165) is 58.5 Å². The van der Waals surface area contributed by atoms with Crippen LogP contribution < -0.4 is 15.8 Å². The lowest BCUT2D eigenvalue weighted by atomic mass is 9.98. The van der Waals surface area contributed by atoms with Crippen molar-refractivity contribution in [1.29, 1.82) is 0 Å². The van der Waals surface area contributed by atoms with Crippen molar-refractivity contribution in [3.63, 3.8) is 0 Å². The van der Waals surface area contributed by atoms with Crippen LogP contribution in [-0.2, 0) is 7.05 Å². The smallest absolute Gasteiger partial charge is 0.274 e. The van der Waals surface area contributed by atoms with E-state index < -0.39 is 0 Å². The SMILES string of the molecule is CC(C)NC[C@H]1CCCN1c1cc(-c2ccncc2)c(-c2cccc(Br)c2)n(C)c1=O. The van der Waals surface area contributed by atoms with Gasteiger partial charge in [0, 0.05) is 54.7 Å². The summed E-state index contributed by atoms with van der Waals surface area (Å²) < 4.78 is 2.79. The summed E-state index contributed by atoms with van der Waals surface area (Å²) >= 11 is 3.58. The molecule has 1 aromatic carbocycles. The van der Waals surface area contributed by atoms with Gasteiger partial charge < -0.3 is 14.8 Å². The molecule has 0 spiro atoms. The Hall–Kier alpha value is -2.44. The summed E-state index contributed by atoms with van der Waals surface area (Å²) in [6, 6.07) is 15.0. The summed E-state index contributed by atoms with van der Waals surface area (Å²) in [5.41, 5.74) is 4.84. The average Bonchev–Trinajstić information content (AvgIpc) is 3.23. The van der Waals surface area contributed by atoms with Gasteiger partial charge in [0.25, 0.3) is 5.56 Å². The predicted molar refractivity (Wildman–Crippen MR) is 132 cm³/mol. The molecule has 4 rings (SSSR count). The molecule has 0 saturated carbocycles. The van der Waals surface area contributed by atoms with E-state index in [9.17, 15) is 4.79 Å². The quantitative estimate of drug-likeness (QED) is 0.547. The van der Waals surface area contributed by atoms with Crippen LogP contribution in [0.25, 0.3) is 22.4 Å². The lowest BCUT2D eigenvalue weighted by molar-refractivity contribution is 0.523. The van der Waals surface area contributed by atoms with Crippen LogP contribution in [0.3, 0.4) is 0 Å². The van der Waals surface area contributed by atoms with E-state index in [1.165, 1.54) is 0 Å². The highest BCUT2D eigenvalue weighted by molar-refractivity contribution is 9.10. The van der Waals surface area contributed by atoms with Gasteiger partial charge in [0.2, 0.25) is 0 Å². The van der Waals surface area contributed by atoms with Crippen molar-refractivity contribution < 1.29 is 0 Å². The fraction of sp³-hybridized carbons (Fsp3) is 0.360. The largest absolute Gasteiger partial charge is 0.363 e. The van der Waals surface area contributed by atoms with Crippen LogP contribution in [-0.4, -0.2) is 34.7 Å². The summed E-state index contributed by atoms with van der Waals surface area (Å²) in [5, 5.41) is 3.55. The minimum atomic E-state index is 0.0456. The standard InChI is InChI=1S/C25H29BrN4O/c1-17(2)28-16-21-8-5-13-30(21)23-15-22(18-9-11-27-12-10-18)24(29(3)25(23)31)19-6-4-7-20(26)14-19/h4,6-7,9-12,14-15,17,21,28H,5,8,13,16H2,1-3H3/t21-/m1/s1. The number of anilines is 1. The molecule has 0 amide bonds. The predicted octanol–water partition coefficient (Wildman–Crippen LogP) is 4.84. The number of pyridine rings is 2. The van der Waals surface area contributed by atoms with Gasteiger partial charge in [-0.05, 0) is 54.3 Å². The molecule has 162 valence electrons. The van der Waals surface area contributed by atoms with Crippen molar-refractivity contribution in [2.45, 2.75) is 38.8 Å². The van der Waals surface area contributed by atoms with Crippen LogP contribution in [0.15, 0.2) is 64.1 Å². The average molecular weight is 481 g/mol. The third-order valence-electron chi connectivity index (χ3n) is 5.93. The number of hydrogen-bond donors (Lipinski definition) is 1. The number of nitrogens with one attached hydrogen (secondary N) is 1. The molecule has 0 radical (unpaired) electrons. The number of benzene rings is 1. The maximum atomic E-state index is 13.6. The Morgan fingerprint density at radius 1 is 1.16 bits per heavy atom. The Morgan fingerprint density at radius 2 is 1.94 bits per heavy atom. The molecule has 1 aliphatic heterocycles. The minimum absolute atomic E-state index is 0.0456. The van der Waals surface area contributed by atoms with Crippen molar-refractivity contribution in [3.8, 4) is 22.4 Å². The first-order chi connectivity index (χ1) is 15.0. The van der Waals surface area contributed by atoms with Crippen molar-refractivity contribution in [3.05, 3.63) is 69.7 Å². The van der Waals surface area contributed by atoms with Crippen LogP contribution in [0.1, 0.15) is 26.7 Å². The second kappa shape index (κ2) is 9.37.